The van der Waals surface area contributed by atoms with Crippen molar-refractivity contribution in [2.24, 2.45) is 0 Å². The Bertz CT molecular complexity index is 485. The van der Waals surface area contributed by atoms with E-state index < -0.39 is 0 Å². The van der Waals surface area contributed by atoms with Gasteiger partial charge >= 0.3 is 0 Å². The first-order valence-corrected chi connectivity index (χ1v) is 6.71. The Kier molecular flexibility index (Phi) is 2.77. The van der Waals surface area contributed by atoms with Crippen molar-refractivity contribution < 1.29 is 4.39 Å². The lowest BCUT2D eigenvalue weighted by atomic mass is 9.97. The van der Waals surface area contributed by atoms with Crippen molar-refractivity contribution in [2.45, 2.75) is 38.5 Å². The van der Waals surface area contributed by atoms with E-state index in [0.717, 1.165) is 61.2 Å². The summed E-state index contributed by atoms with van der Waals surface area (Å²) in [5.41, 5.74) is 5.40. The van der Waals surface area contributed by atoms with Gasteiger partial charge in [0.15, 0.2) is 0 Å². The molecule has 0 saturated heterocycles. The monoisotopic (exact) mass is 246 g/mol. The predicted octanol–water partition coefficient (Wildman–Crippen LogP) is 2.91. The Morgan fingerprint density at radius 1 is 1.00 bits per heavy atom. The normalized spacial score (nSPS) is 16.3. The summed E-state index contributed by atoms with van der Waals surface area (Å²) in [5.74, 6) is 0.862. The summed E-state index contributed by atoms with van der Waals surface area (Å²) in [4.78, 5) is 0. The zero-order chi connectivity index (χ0) is 12.7. The highest BCUT2D eigenvalue weighted by molar-refractivity contribution is 5.68. The van der Waals surface area contributed by atoms with E-state index in [-0.39, 0.29) is 5.82 Å². The van der Waals surface area contributed by atoms with E-state index in [0.29, 0.717) is 0 Å². The first kappa shape index (κ1) is 11.6. The van der Waals surface area contributed by atoms with E-state index in [1.54, 1.807) is 0 Å². The van der Waals surface area contributed by atoms with Gasteiger partial charge in [-0.3, -0.25) is 0 Å². The summed E-state index contributed by atoms with van der Waals surface area (Å²) in [6.45, 7) is 3.93. The highest BCUT2D eigenvalue weighted by atomic mass is 19.1. The van der Waals surface area contributed by atoms with Crippen LogP contribution >= 0.6 is 0 Å². The lowest BCUT2D eigenvalue weighted by Gasteiger charge is -2.18. The second-order valence-corrected chi connectivity index (χ2v) is 5.16. The summed E-state index contributed by atoms with van der Waals surface area (Å²) in [5, 5.41) is 6.36. The fourth-order valence-electron chi connectivity index (χ4n) is 3.25. The van der Waals surface area contributed by atoms with Crippen LogP contribution < -0.4 is 10.6 Å². The van der Waals surface area contributed by atoms with Gasteiger partial charge in [0.25, 0.3) is 0 Å². The maximum Gasteiger partial charge on any atom is 0.130 e. The minimum Gasteiger partial charge on any atom is -0.375 e. The fraction of sp³-hybridized carbons (Fsp3) is 0.467. The molecule has 0 amide bonds. The van der Waals surface area contributed by atoms with Crippen LogP contribution in [0.2, 0.25) is 0 Å². The van der Waals surface area contributed by atoms with Gasteiger partial charge < -0.3 is 10.6 Å². The van der Waals surface area contributed by atoms with Crippen molar-refractivity contribution in [3.63, 3.8) is 0 Å². The Balaban J connectivity index is 2.15. The molecule has 0 aromatic heterocycles. The quantitative estimate of drug-likeness (QED) is 0.857. The maximum atomic E-state index is 14.4. The SMILES string of the molecule is C=C(NC)Nc1c2c(c(F)c3c1CCC3)CCC2. The van der Waals surface area contributed by atoms with Crippen molar-refractivity contribution in [1.82, 2.24) is 5.32 Å². The Morgan fingerprint density at radius 2 is 1.50 bits per heavy atom. The number of anilines is 1. The van der Waals surface area contributed by atoms with Gasteiger partial charge in [0.05, 0.1) is 5.82 Å². The van der Waals surface area contributed by atoms with Gasteiger partial charge in [-0.1, -0.05) is 6.58 Å². The van der Waals surface area contributed by atoms with E-state index in [1.807, 2.05) is 7.05 Å². The van der Waals surface area contributed by atoms with Crippen molar-refractivity contribution in [3.8, 4) is 0 Å². The van der Waals surface area contributed by atoms with Gasteiger partial charge in [-0.15, -0.1) is 0 Å². The van der Waals surface area contributed by atoms with E-state index >= 15 is 0 Å². The molecule has 0 heterocycles. The molecule has 0 unspecified atom stereocenters. The second kappa shape index (κ2) is 4.30. The van der Waals surface area contributed by atoms with Gasteiger partial charge in [0.2, 0.25) is 0 Å². The van der Waals surface area contributed by atoms with Crippen molar-refractivity contribution in [3.05, 3.63) is 40.5 Å². The highest BCUT2D eigenvalue weighted by Crippen LogP contribution is 2.41. The van der Waals surface area contributed by atoms with Gasteiger partial charge in [-0.05, 0) is 60.8 Å². The molecule has 2 N–H and O–H groups in total. The van der Waals surface area contributed by atoms with E-state index in [2.05, 4.69) is 17.2 Å². The van der Waals surface area contributed by atoms with Crippen LogP contribution in [-0.4, -0.2) is 7.05 Å². The zero-order valence-corrected chi connectivity index (χ0v) is 10.8. The average molecular weight is 246 g/mol. The first-order valence-electron chi connectivity index (χ1n) is 6.71. The van der Waals surface area contributed by atoms with E-state index in [9.17, 15) is 4.39 Å². The summed E-state index contributed by atoms with van der Waals surface area (Å²) < 4.78 is 14.4. The number of hydrogen-bond donors (Lipinski definition) is 2. The van der Waals surface area contributed by atoms with Crippen LogP contribution in [0.15, 0.2) is 12.4 Å². The molecule has 0 bridgehead atoms. The summed E-state index contributed by atoms with van der Waals surface area (Å²) >= 11 is 0. The Morgan fingerprint density at radius 3 is 2.00 bits per heavy atom. The number of halogens is 1. The number of nitrogens with one attached hydrogen (secondary N) is 2. The highest BCUT2D eigenvalue weighted by Gasteiger charge is 2.28. The van der Waals surface area contributed by atoms with Crippen LogP contribution in [0, 0.1) is 5.82 Å². The van der Waals surface area contributed by atoms with Gasteiger partial charge in [-0.2, -0.15) is 0 Å². The maximum absolute atomic E-state index is 14.4. The van der Waals surface area contributed by atoms with Gasteiger partial charge in [0, 0.05) is 12.7 Å². The minimum absolute atomic E-state index is 0.0793. The van der Waals surface area contributed by atoms with Gasteiger partial charge in [0.1, 0.15) is 5.82 Å². The molecular formula is C15H19FN2. The Hall–Kier alpha value is -1.51. The molecule has 0 radical (unpaired) electrons. The molecule has 0 spiro atoms. The Labute approximate surface area is 107 Å². The molecule has 3 rings (SSSR count). The predicted molar refractivity (Wildman–Crippen MR) is 72.3 cm³/mol. The molecule has 2 aliphatic rings. The van der Waals surface area contributed by atoms with Crippen LogP contribution in [0.4, 0.5) is 10.1 Å². The molecule has 18 heavy (non-hydrogen) atoms. The molecule has 0 saturated carbocycles. The number of benzene rings is 1. The average Bonchev–Trinajstić information content (AvgIpc) is 3.02. The largest absolute Gasteiger partial charge is 0.375 e. The third-order valence-corrected chi connectivity index (χ3v) is 4.15. The minimum atomic E-state index is 0.0793. The molecule has 0 fully saturated rings. The van der Waals surface area contributed by atoms with Gasteiger partial charge in [-0.25, -0.2) is 4.39 Å². The molecule has 0 aliphatic heterocycles. The molecule has 0 atom stereocenters. The van der Waals surface area contributed by atoms with Crippen LogP contribution in [0.5, 0.6) is 0 Å². The summed E-state index contributed by atoms with van der Waals surface area (Å²) in [6, 6.07) is 0. The molecular weight excluding hydrogens is 227 g/mol. The van der Waals surface area contributed by atoms with E-state index in [4.69, 9.17) is 0 Å². The summed E-state index contributed by atoms with van der Waals surface area (Å²) in [6.07, 6.45) is 5.87. The van der Waals surface area contributed by atoms with E-state index in [1.165, 1.54) is 11.1 Å². The van der Waals surface area contributed by atoms with Crippen LogP contribution in [0.1, 0.15) is 35.1 Å². The zero-order valence-electron chi connectivity index (χ0n) is 10.8. The molecule has 96 valence electrons. The third-order valence-electron chi connectivity index (χ3n) is 4.15. The van der Waals surface area contributed by atoms with Crippen LogP contribution in [0.3, 0.4) is 0 Å². The lowest BCUT2D eigenvalue weighted by Crippen LogP contribution is -2.16. The molecule has 2 nitrogen and oxygen atoms in total. The topological polar surface area (TPSA) is 24.1 Å². The van der Waals surface area contributed by atoms with Crippen LogP contribution in [-0.2, 0) is 25.7 Å². The second-order valence-electron chi connectivity index (χ2n) is 5.16. The molecule has 2 aliphatic carbocycles. The van der Waals surface area contributed by atoms with Crippen molar-refractivity contribution in [1.29, 1.82) is 0 Å². The lowest BCUT2D eigenvalue weighted by molar-refractivity contribution is 0.598. The third kappa shape index (κ3) is 1.61. The molecule has 1 aromatic rings. The molecule has 1 aromatic carbocycles. The van der Waals surface area contributed by atoms with Crippen molar-refractivity contribution in [2.75, 3.05) is 12.4 Å². The standard InChI is InChI=1S/C15H19FN2/c1-9(17-2)18-15-12-7-3-5-10(12)14(16)11-6-4-8-13(11)15/h17-18H,1,3-8H2,2H3. The number of fused-ring (bicyclic) bond motifs is 2. The summed E-state index contributed by atoms with van der Waals surface area (Å²) in [7, 11) is 1.85. The number of hydrogen-bond acceptors (Lipinski definition) is 2. The van der Waals surface area contributed by atoms with Crippen LogP contribution in [0.25, 0.3) is 0 Å². The number of rotatable bonds is 3. The fourth-order valence-corrected chi connectivity index (χ4v) is 3.25. The molecule has 3 heteroatoms. The first-order chi connectivity index (χ1) is 8.72. The smallest absolute Gasteiger partial charge is 0.130 e. The van der Waals surface area contributed by atoms with Crippen molar-refractivity contribution >= 4 is 5.69 Å².